The molecule has 1 atom stereocenters. The third kappa shape index (κ3) is 3.89. The minimum Gasteiger partial charge on any atom is -0.478 e. The fourth-order valence-electron chi connectivity index (χ4n) is 2.09. The number of carbonyl (C=O) groups is 1. The van der Waals surface area contributed by atoms with Gasteiger partial charge in [0, 0.05) is 11.8 Å². The Morgan fingerprint density at radius 3 is 3.05 bits per heavy atom. The van der Waals surface area contributed by atoms with Gasteiger partial charge in [0.05, 0.1) is 13.7 Å². The van der Waals surface area contributed by atoms with Crippen LogP contribution in [0.2, 0.25) is 0 Å². The van der Waals surface area contributed by atoms with E-state index in [4.69, 9.17) is 4.74 Å². The average Bonchev–Trinajstić information content (AvgIpc) is 2.90. The fourth-order valence-corrected chi connectivity index (χ4v) is 2.09. The van der Waals surface area contributed by atoms with Crippen molar-refractivity contribution < 1.29 is 14.3 Å². The molecule has 2 rings (SSSR count). The summed E-state index contributed by atoms with van der Waals surface area (Å²) in [6, 6.07) is 1.72. The lowest BCUT2D eigenvalue weighted by atomic mass is 10.1. The lowest BCUT2D eigenvalue weighted by Crippen LogP contribution is -2.13. The number of ether oxygens (including phenoxy) is 2. The molecule has 1 aliphatic rings. The topological polar surface area (TPSA) is 73.3 Å². The maximum Gasteiger partial charge on any atom is 0.376 e. The Bertz CT molecular complexity index is 445. The van der Waals surface area contributed by atoms with Crippen molar-refractivity contribution in [1.82, 2.24) is 15.3 Å². The molecule has 0 aliphatic carbocycles. The second kappa shape index (κ2) is 6.47. The second-order valence-corrected chi connectivity index (χ2v) is 4.66. The lowest BCUT2D eigenvalue weighted by molar-refractivity contribution is 0.0584. The van der Waals surface area contributed by atoms with Gasteiger partial charge in [-0.2, -0.15) is 4.98 Å². The molecule has 1 fully saturated rings. The van der Waals surface area contributed by atoms with Crippen molar-refractivity contribution >= 4 is 5.97 Å². The highest BCUT2D eigenvalue weighted by atomic mass is 16.5. The summed E-state index contributed by atoms with van der Waals surface area (Å²) in [5.41, 5.74) is 0.688. The molecule has 0 saturated carbocycles. The molecule has 0 bridgehead atoms. The predicted octanol–water partition coefficient (Wildman–Crippen LogP) is 0.950. The summed E-state index contributed by atoms with van der Waals surface area (Å²) in [5, 5.41) is 3.32. The number of aromatic nitrogens is 2. The van der Waals surface area contributed by atoms with Crippen molar-refractivity contribution in [2.24, 2.45) is 5.92 Å². The molecule has 1 saturated heterocycles. The van der Waals surface area contributed by atoms with Crippen molar-refractivity contribution in [3.05, 3.63) is 17.6 Å². The highest BCUT2D eigenvalue weighted by molar-refractivity contribution is 5.85. The first-order chi connectivity index (χ1) is 9.19. The first-order valence-electron chi connectivity index (χ1n) is 6.46. The van der Waals surface area contributed by atoms with Gasteiger partial charge in [-0.3, -0.25) is 0 Å². The Kier molecular flexibility index (Phi) is 4.68. The smallest absolute Gasteiger partial charge is 0.376 e. The Balaban J connectivity index is 1.91. The summed E-state index contributed by atoms with van der Waals surface area (Å²) in [7, 11) is 1.31. The molecule has 6 heteroatoms. The number of esters is 1. The first kappa shape index (κ1) is 13.7. The lowest BCUT2D eigenvalue weighted by Gasteiger charge is -2.10. The predicted molar refractivity (Wildman–Crippen MR) is 69.2 cm³/mol. The number of rotatable bonds is 5. The van der Waals surface area contributed by atoms with E-state index in [9.17, 15) is 4.79 Å². The van der Waals surface area contributed by atoms with Gasteiger partial charge in [-0.05, 0) is 38.8 Å². The summed E-state index contributed by atoms with van der Waals surface area (Å²) < 4.78 is 10.2. The number of methoxy groups -OCH3 is 1. The molecule has 1 aromatic heterocycles. The number of carbonyl (C=O) groups excluding carboxylic acids is 1. The van der Waals surface area contributed by atoms with Gasteiger partial charge in [0.1, 0.15) is 0 Å². The largest absolute Gasteiger partial charge is 0.478 e. The highest BCUT2D eigenvalue weighted by Crippen LogP contribution is 2.14. The van der Waals surface area contributed by atoms with E-state index in [-0.39, 0.29) is 5.82 Å². The van der Waals surface area contributed by atoms with Crippen LogP contribution in [0.15, 0.2) is 6.07 Å². The Morgan fingerprint density at radius 2 is 2.37 bits per heavy atom. The van der Waals surface area contributed by atoms with Crippen molar-refractivity contribution in [2.75, 3.05) is 26.8 Å². The van der Waals surface area contributed by atoms with Crippen LogP contribution in [-0.4, -0.2) is 42.7 Å². The molecule has 1 unspecified atom stereocenters. The Labute approximate surface area is 112 Å². The molecule has 6 nitrogen and oxygen atoms in total. The van der Waals surface area contributed by atoms with Gasteiger partial charge in [0.15, 0.2) is 0 Å². The molecular weight excluding hydrogens is 246 g/mol. The van der Waals surface area contributed by atoms with Gasteiger partial charge in [-0.1, -0.05) is 0 Å². The van der Waals surface area contributed by atoms with Gasteiger partial charge >= 0.3 is 5.97 Å². The quantitative estimate of drug-likeness (QED) is 0.799. The summed E-state index contributed by atoms with van der Waals surface area (Å²) in [4.78, 5) is 19.4. The van der Waals surface area contributed by atoms with Crippen LogP contribution in [0.5, 0.6) is 5.88 Å². The number of aryl methyl sites for hydroxylation is 1. The molecule has 1 aliphatic heterocycles. The first-order valence-corrected chi connectivity index (χ1v) is 6.46. The van der Waals surface area contributed by atoms with Crippen LogP contribution in [0.4, 0.5) is 0 Å². The van der Waals surface area contributed by atoms with E-state index in [1.165, 1.54) is 13.5 Å². The van der Waals surface area contributed by atoms with Crippen LogP contribution < -0.4 is 10.1 Å². The molecule has 0 spiro atoms. The van der Waals surface area contributed by atoms with Gasteiger partial charge in [0.2, 0.25) is 11.7 Å². The monoisotopic (exact) mass is 265 g/mol. The van der Waals surface area contributed by atoms with E-state index in [1.54, 1.807) is 13.0 Å². The number of hydrogen-bond donors (Lipinski definition) is 1. The standard InChI is InChI=1S/C13H19N3O3/c1-9-7-11(16-12(15-9)13(17)18-2)19-6-4-10-3-5-14-8-10/h7,10,14H,3-6,8H2,1-2H3. The molecule has 0 amide bonds. The van der Waals surface area contributed by atoms with Gasteiger partial charge in [-0.25, -0.2) is 9.78 Å². The summed E-state index contributed by atoms with van der Waals surface area (Å²) in [5.74, 6) is 0.593. The molecule has 0 aromatic carbocycles. The fraction of sp³-hybridized carbons (Fsp3) is 0.615. The second-order valence-electron chi connectivity index (χ2n) is 4.66. The van der Waals surface area contributed by atoms with Crippen molar-refractivity contribution in [3.63, 3.8) is 0 Å². The summed E-state index contributed by atoms with van der Waals surface area (Å²) >= 11 is 0. The summed E-state index contributed by atoms with van der Waals surface area (Å²) in [6.45, 7) is 4.54. The van der Waals surface area contributed by atoms with E-state index in [1.807, 2.05) is 0 Å². The average molecular weight is 265 g/mol. The van der Waals surface area contributed by atoms with E-state index in [0.29, 0.717) is 24.1 Å². The minimum atomic E-state index is -0.548. The molecule has 2 heterocycles. The molecule has 104 valence electrons. The number of hydrogen-bond acceptors (Lipinski definition) is 6. The van der Waals surface area contributed by atoms with Crippen molar-refractivity contribution in [3.8, 4) is 5.88 Å². The SMILES string of the molecule is COC(=O)c1nc(C)cc(OCCC2CCNC2)n1. The molecule has 0 radical (unpaired) electrons. The van der Waals surface area contributed by atoms with Crippen molar-refractivity contribution in [2.45, 2.75) is 19.8 Å². The van der Waals surface area contributed by atoms with E-state index < -0.39 is 5.97 Å². The van der Waals surface area contributed by atoms with Gasteiger partial charge in [-0.15, -0.1) is 0 Å². The number of nitrogens with zero attached hydrogens (tertiary/aromatic N) is 2. The van der Waals surface area contributed by atoms with Crippen LogP contribution in [0.25, 0.3) is 0 Å². The third-order valence-electron chi connectivity index (χ3n) is 3.14. The highest BCUT2D eigenvalue weighted by Gasteiger charge is 2.15. The Hall–Kier alpha value is -1.69. The third-order valence-corrected chi connectivity index (χ3v) is 3.14. The van der Waals surface area contributed by atoms with E-state index in [0.717, 1.165) is 19.5 Å². The molecular formula is C13H19N3O3. The van der Waals surface area contributed by atoms with Crippen LogP contribution >= 0.6 is 0 Å². The van der Waals surface area contributed by atoms with Gasteiger partial charge in [0.25, 0.3) is 0 Å². The minimum absolute atomic E-state index is 0.0417. The van der Waals surface area contributed by atoms with Crippen LogP contribution in [-0.2, 0) is 4.74 Å². The zero-order chi connectivity index (χ0) is 13.7. The zero-order valence-electron chi connectivity index (χ0n) is 11.3. The van der Waals surface area contributed by atoms with Gasteiger partial charge < -0.3 is 14.8 Å². The normalized spacial score (nSPS) is 18.3. The van der Waals surface area contributed by atoms with Crippen LogP contribution in [0, 0.1) is 12.8 Å². The van der Waals surface area contributed by atoms with Crippen LogP contribution in [0.3, 0.4) is 0 Å². The zero-order valence-corrected chi connectivity index (χ0v) is 11.3. The molecule has 1 aromatic rings. The number of nitrogens with one attached hydrogen (secondary N) is 1. The van der Waals surface area contributed by atoms with E-state index >= 15 is 0 Å². The maximum atomic E-state index is 11.4. The van der Waals surface area contributed by atoms with E-state index in [2.05, 4.69) is 20.0 Å². The van der Waals surface area contributed by atoms with Crippen molar-refractivity contribution in [1.29, 1.82) is 0 Å². The van der Waals surface area contributed by atoms with Crippen LogP contribution in [0.1, 0.15) is 29.2 Å². The molecule has 1 N–H and O–H groups in total. The molecule has 19 heavy (non-hydrogen) atoms. The summed E-state index contributed by atoms with van der Waals surface area (Å²) in [6.07, 6.45) is 2.18. The Morgan fingerprint density at radius 1 is 1.53 bits per heavy atom. The maximum absolute atomic E-state index is 11.4.